The highest BCUT2D eigenvalue weighted by Gasteiger charge is 2.05. The van der Waals surface area contributed by atoms with Gasteiger partial charge in [0.1, 0.15) is 6.54 Å². The molecule has 1 N–H and O–H groups in total. The summed E-state index contributed by atoms with van der Waals surface area (Å²) in [6.45, 7) is 5.34. The Hall–Kier alpha value is -2.63. The van der Waals surface area contributed by atoms with Crippen LogP contribution in [0.4, 0.5) is 0 Å². The lowest BCUT2D eigenvalue weighted by molar-refractivity contribution is -0.140. The van der Waals surface area contributed by atoms with Crippen molar-refractivity contribution in [2.45, 2.75) is 19.8 Å². The minimum atomic E-state index is -0.502. The van der Waals surface area contributed by atoms with E-state index in [1.807, 2.05) is 12.2 Å². The van der Waals surface area contributed by atoms with Gasteiger partial charge in [-0.05, 0) is 18.9 Å². The van der Waals surface area contributed by atoms with Gasteiger partial charge >= 0.3 is 5.97 Å². The van der Waals surface area contributed by atoms with E-state index < -0.39 is 5.97 Å². The second-order valence-corrected chi connectivity index (χ2v) is 5.27. The molecule has 0 rings (SSSR count). The van der Waals surface area contributed by atoms with Crippen LogP contribution >= 0.6 is 0 Å². The molecule has 0 spiro atoms. The van der Waals surface area contributed by atoms with Crippen LogP contribution in [0.3, 0.4) is 0 Å². The van der Waals surface area contributed by atoms with Crippen molar-refractivity contribution >= 4 is 17.8 Å². The molecule has 0 fully saturated rings. The summed E-state index contributed by atoms with van der Waals surface area (Å²) in [5.41, 5.74) is 1.22. The molecule has 0 saturated heterocycles. The van der Waals surface area contributed by atoms with Gasteiger partial charge < -0.3 is 15.0 Å². The molecule has 0 bridgehead atoms. The van der Waals surface area contributed by atoms with Crippen molar-refractivity contribution in [3.8, 4) is 0 Å². The van der Waals surface area contributed by atoms with E-state index in [1.165, 1.54) is 7.11 Å². The average Bonchev–Trinajstić information content (AvgIpc) is 2.55. The van der Waals surface area contributed by atoms with E-state index in [0.29, 0.717) is 18.4 Å². The number of nitrogens with zero attached hydrogens (tertiary/aromatic N) is 1. The molecule has 24 heavy (non-hydrogen) atoms. The SMILES string of the molecule is C=C(C=CCCC(=O)N(C)C)/C=C\C=C(/C)C(=O)NCC(=O)OC. The van der Waals surface area contributed by atoms with E-state index in [4.69, 9.17) is 0 Å². The highest BCUT2D eigenvalue weighted by molar-refractivity contribution is 5.94. The smallest absolute Gasteiger partial charge is 0.325 e. The van der Waals surface area contributed by atoms with Crippen LogP contribution < -0.4 is 5.32 Å². The number of hydrogen-bond donors (Lipinski definition) is 1. The van der Waals surface area contributed by atoms with Gasteiger partial charge in [-0.25, -0.2) is 0 Å². The van der Waals surface area contributed by atoms with Gasteiger partial charge in [0.05, 0.1) is 7.11 Å². The standard InChI is InChI=1S/C18H26N2O4/c1-14(9-6-7-12-16(21)20(3)4)10-8-11-15(2)18(23)19-13-17(22)24-5/h6,8-11H,1,7,12-13H2,2-5H3,(H,19,23)/b9-6?,10-8-,15-11+. The first-order valence-corrected chi connectivity index (χ1v) is 7.53. The Kier molecular flexibility index (Phi) is 10.6. The highest BCUT2D eigenvalue weighted by atomic mass is 16.5. The van der Waals surface area contributed by atoms with Crippen LogP contribution in [0.1, 0.15) is 19.8 Å². The fourth-order valence-corrected chi connectivity index (χ4v) is 1.48. The van der Waals surface area contributed by atoms with Crippen LogP contribution in [-0.4, -0.2) is 50.4 Å². The minimum absolute atomic E-state index is 0.0809. The highest BCUT2D eigenvalue weighted by Crippen LogP contribution is 2.02. The quantitative estimate of drug-likeness (QED) is 0.396. The van der Waals surface area contributed by atoms with Gasteiger partial charge in [0.2, 0.25) is 11.8 Å². The van der Waals surface area contributed by atoms with Gasteiger partial charge in [0, 0.05) is 26.1 Å². The molecule has 0 aliphatic rings. The van der Waals surface area contributed by atoms with E-state index in [9.17, 15) is 14.4 Å². The summed E-state index contributed by atoms with van der Waals surface area (Å²) in [4.78, 5) is 35.6. The lowest BCUT2D eigenvalue weighted by atomic mass is 10.2. The molecule has 132 valence electrons. The number of carbonyl (C=O) groups is 3. The first-order chi connectivity index (χ1) is 11.3. The summed E-state index contributed by atoms with van der Waals surface area (Å²) in [5.74, 6) is -0.760. The molecular formula is C18H26N2O4. The minimum Gasteiger partial charge on any atom is -0.468 e. The fraction of sp³-hybridized carbons (Fsp3) is 0.389. The molecule has 0 aromatic carbocycles. The predicted octanol–water partition coefficient (Wildman–Crippen LogP) is 1.76. The maximum atomic E-state index is 11.7. The van der Waals surface area contributed by atoms with E-state index in [-0.39, 0.29) is 18.4 Å². The third kappa shape index (κ3) is 10.2. The molecule has 6 heteroatoms. The number of carbonyl (C=O) groups excluding carboxylic acids is 3. The number of rotatable bonds is 9. The second kappa shape index (κ2) is 11.9. The van der Waals surface area contributed by atoms with Crippen molar-refractivity contribution < 1.29 is 19.1 Å². The van der Waals surface area contributed by atoms with Crippen molar-refractivity contribution in [2.75, 3.05) is 27.7 Å². The van der Waals surface area contributed by atoms with E-state index >= 15 is 0 Å². The third-order valence-corrected chi connectivity index (χ3v) is 2.99. The molecule has 0 radical (unpaired) electrons. The molecule has 0 heterocycles. The zero-order valence-corrected chi connectivity index (χ0v) is 14.8. The molecule has 0 aromatic rings. The summed E-state index contributed by atoms with van der Waals surface area (Å²) in [5, 5.41) is 2.44. The number of amides is 2. The van der Waals surface area contributed by atoms with Crippen molar-refractivity contribution in [1.82, 2.24) is 10.2 Å². The first kappa shape index (κ1) is 21.4. The monoisotopic (exact) mass is 334 g/mol. The molecule has 0 saturated carbocycles. The lowest BCUT2D eigenvalue weighted by Crippen LogP contribution is -2.30. The van der Waals surface area contributed by atoms with Crippen molar-refractivity contribution in [3.63, 3.8) is 0 Å². The summed E-state index contributed by atoms with van der Waals surface area (Å²) < 4.78 is 4.44. The Labute approximate surface area is 143 Å². The normalized spacial score (nSPS) is 11.6. The van der Waals surface area contributed by atoms with Gasteiger partial charge in [-0.3, -0.25) is 14.4 Å². The maximum absolute atomic E-state index is 11.7. The van der Waals surface area contributed by atoms with Crippen LogP contribution in [0, 0.1) is 0 Å². The van der Waals surface area contributed by atoms with Gasteiger partial charge in [0.25, 0.3) is 0 Å². The number of nitrogens with one attached hydrogen (secondary N) is 1. The van der Waals surface area contributed by atoms with Crippen LogP contribution in [0.5, 0.6) is 0 Å². The van der Waals surface area contributed by atoms with E-state index in [2.05, 4.69) is 16.6 Å². The summed E-state index contributed by atoms with van der Waals surface area (Å²) >= 11 is 0. The number of allylic oxidation sites excluding steroid dienone is 6. The van der Waals surface area contributed by atoms with Crippen LogP contribution in [0.25, 0.3) is 0 Å². The zero-order chi connectivity index (χ0) is 18.5. The lowest BCUT2D eigenvalue weighted by Gasteiger charge is -2.07. The van der Waals surface area contributed by atoms with Crippen molar-refractivity contribution in [2.24, 2.45) is 0 Å². The Morgan fingerprint density at radius 2 is 1.88 bits per heavy atom. The van der Waals surface area contributed by atoms with Crippen LogP contribution in [-0.2, 0) is 19.1 Å². The molecule has 0 aliphatic heterocycles. The Morgan fingerprint density at radius 3 is 2.46 bits per heavy atom. The number of esters is 1. The summed E-state index contributed by atoms with van der Waals surface area (Å²) in [6.07, 6.45) is 9.88. The molecular weight excluding hydrogens is 308 g/mol. The molecule has 0 atom stereocenters. The van der Waals surface area contributed by atoms with E-state index in [0.717, 1.165) is 5.57 Å². The third-order valence-electron chi connectivity index (χ3n) is 2.99. The summed E-state index contributed by atoms with van der Waals surface area (Å²) in [6, 6.07) is 0. The Balaban J connectivity index is 4.27. The number of hydrogen-bond acceptors (Lipinski definition) is 4. The maximum Gasteiger partial charge on any atom is 0.325 e. The van der Waals surface area contributed by atoms with Crippen molar-refractivity contribution in [1.29, 1.82) is 0 Å². The molecule has 0 aromatic heterocycles. The molecule has 0 unspecified atom stereocenters. The molecule has 6 nitrogen and oxygen atoms in total. The van der Waals surface area contributed by atoms with Gasteiger partial charge in [-0.15, -0.1) is 0 Å². The summed E-state index contributed by atoms with van der Waals surface area (Å²) in [7, 11) is 4.71. The first-order valence-electron chi connectivity index (χ1n) is 7.53. The van der Waals surface area contributed by atoms with Gasteiger partial charge in [-0.2, -0.15) is 0 Å². The number of ether oxygens (including phenoxy) is 1. The van der Waals surface area contributed by atoms with Gasteiger partial charge in [0.15, 0.2) is 0 Å². The van der Waals surface area contributed by atoms with Crippen LogP contribution in [0.2, 0.25) is 0 Å². The molecule has 2 amide bonds. The Morgan fingerprint density at radius 1 is 1.21 bits per heavy atom. The molecule has 0 aliphatic carbocycles. The van der Waals surface area contributed by atoms with Crippen molar-refractivity contribution in [3.05, 3.63) is 48.1 Å². The predicted molar refractivity (Wildman–Crippen MR) is 94.1 cm³/mol. The average molecular weight is 334 g/mol. The van der Waals surface area contributed by atoms with Gasteiger partial charge in [-0.1, -0.05) is 37.0 Å². The second-order valence-electron chi connectivity index (χ2n) is 5.27. The largest absolute Gasteiger partial charge is 0.468 e. The Bertz CT molecular complexity index is 557. The number of methoxy groups -OCH3 is 1. The topological polar surface area (TPSA) is 75.7 Å². The fourth-order valence-electron chi connectivity index (χ4n) is 1.48. The van der Waals surface area contributed by atoms with Crippen LogP contribution in [0.15, 0.2) is 48.1 Å². The van der Waals surface area contributed by atoms with E-state index in [1.54, 1.807) is 44.1 Å². The zero-order valence-electron chi connectivity index (χ0n) is 14.8.